The van der Waals surface area contributed by atoms with Crippen molar-refractivity contribution in [3.05, 3.63) is 40.9 Å². The molecule has 0 bridgehead atoms. The lowest BCUT2D eigenvalue weighted by Gasteiger charge is -2.39. The molecule has 1 heterocycles. The monoisotopic (exact) mass is 411 g/mol. The quantitative estimate of drug-likeness (QED) is 0.683. The Hall–Kier alpha value is -2.72. The first-order chi connectivity index (χ1) is 13.9. The minimum atomic E-state index is -0.982. The molecule has 1 atom stereocenters. The molecule has 0 saturated heterocycles. The molecule has 2 aromatic rings. The number of esters is 1. The van der Waals surface area contributed by atoms with E-state index in [4.69, 9.17) is 4.74 Å². The van der Waals surface area contributed by atoms with Gasteiger partial charge in [-0.05, 0) is 26.7 Å². The van der Waals surface area contributed by atoms with Crippen LogP contribution in [-0.2, 0) is 9.53 Å². The Kier molecular flexibility index (Phi) is 6.33. The molecule has 1 aromatic heterocycles. The third-order valence-electron chi connectivity index (χ3n) is 5.50. The van der Waals surface area contributed by atoms with Crippen LogP contribution in [0.1, 0.15) is 55.1 Å². The first-order valence-electron chi connectivity index (χ1n) is 9.79. The number of hydrogen-bond acceptors (Lipinski definition) is 6. The number of nitrogens with zero attached hydrogens (tertiary/aromatic N) is 3. The lowest BCUT2D eigenvalue weighted by Crippen LogP contribution is -2.53. The molecule has 6 nitrogen and oxygen atoms in total. The SMILES string of the molecule is Cc1ccc(-c2nc(C(=O)O[C@H](C)C(=O)N(C)C3(C#N)CCCCC3)cs2)cc1. The van der Waals surface area contributed by atoms with Crippen molar-refractivity contribution in [1.82, 2.24) is 9.88 Å². The topological polar surface area (TPSA) is 83.3 Å². The van der Waals surface area contributed by atoms with Crippen LogP contribution in [0, 0.1) is 18.3 Å². The van der Waals surface area contributed by atoms with Gasteiger partial charge in [-0.2, -0.15) is 5.26 Å². The number of aromatic nitrogens is 1. The van der Waals surface area contributed by atoms with E-state index < -0.39 is 17.6 Å². The van der Waals surface area contributed by atoms with E-state index in [1.807, 2.05) is 31.2 Å². The van der Waals surface area contributed by atoms with Crippen molar-refractivity contribution < 1.29 is 14.3 Å². The number of carbonyl (C=O) groups is 2. The zero-order chi connectivity index (χ0) is 21.0. The highest BCUT2D eigenvalue weighted by Gasteiger charge is 2.40. The van der Waals surface area contributed by atoms with Gasteiger partial charge in [-0.25, -0.2) is 9.78 Å². The highest BCUT2D eigenvalue weighted by molar-refractivity contribution is 7.13. The Balaban J connectivity index is 1.66. The summed E-state index contributed by atoms with van der Waals surface area (Å²) < 4.78 is 5.37. The molecule has 1 aromatic carbocycles. The number of carbonyl (C=O) groups excluding carboxylic acids is 2. The molecule has 3 rings (SSSR count). The number of benzene rings is 1. The number of rotatable bonds is 5. The van der Waals surface area contributed by atoms with Gasteiger partial charge in [0.15, 0.2) is 11.8 Å². The first kappa shape index (κ1) is 21.0. The molecular formula is C22H25N3O3S. The summed E-state index contributed by atoms with van der Waals surface area (Å²) in [5.41, 5.74) is 1.45. The standard InChI is InChI=1S/C22H25N3O3S/c1-15-7-9-17(10-8-15)19-24-18(13-29-19)21(27)28-16(2)20(26)25(3)22(14-23)11-5-4-6-12-22/h7-10,13,16H,4-6,11-12H2,1-3H3/t16-/m1/s1. The van der Waals surface area contributed by atoms with Crippen LogP contribution in [0.3, 0.4) is 0 Å². The molecule has 152 valence electrons. The number of aryl methyl sites for hydroxylation is 1. The van der Waals surface area contributed by atoms with Gasteiger partial charge in [0, 0.05) is 18.0 Å². The molecule has 0 aliphatic heterocycles. The zero-order valence-electron chi connectivity index (χ0n) is 17.0. The fourth-order valence-corrected chi connectivity index (χ4v) is 4.41. The Morgan fingerprint density at radius 3 is 2.52 bits per heavy atom. The molecule has 1 aliphatic carbocycles. The van der Waals surface area contributed by atoms with Crippen LogP contribution >= 0.6 is 11.3 Å². The van der Waals surface area contributed by atoms with Crippen LogP contribution in [0.4, 0.5) is 0 Å². The number of hydrogen-bond donors (Lipinski definition) is 0. The molecule has 29 heavy (non-hydrogen) atoms. The van der Waals surface area contributed by atoms with E-state index in [2.05, 4.69) is 11.1 Å². The first-order valence-corrected chi connectivity index (χ1v) is 10.7. The minimum absolute atomic E-state index is 0.181. The largest absolute Gasteiger partial charge is 0.448 e. The molecule has 0 unspecified atom stereocenters. The molecule has 1 amide bonds. The summed E-state index contributed by atoms with van der Waals surface area (Å²) in [6.07, 6.45) is 3.23. The fraction of sp³-hybridized carbons (Fsp3) is 0.455. The summed E-state index contributed by atoms with van der Waals surface area (Å²) in [5, 5.41) is 12.0. The maximum absolute atomic E-state index is 12.8. The Bertz CT molecular complexity index is 924. The fourth-order valence-electron chi connectivity index (χ4n) is 3.61. The van der Waals surface area contributed by atoms with Crippen LogP contribution in [0.25, 0.3) is 10.6 Å². The summed E-state index contributed by atoms with van der Waals surface area (Å²) in [7, 11) is 1.62. The van der Waals surface area contributed by atoms with Crippen LogP contribution < -0.4 is 0 Å². The van der Waals surface area contributed by atoms with Crippen molar-refractivity contribution in [2.45, 2.75) is 57.6 Å². The maximum atomic E-state index is 12.8. The average Bonchev–Trinajstić information content (AvgIpc) is 3.24. The van der Waals surface area contributed by atoms with Gasteiger partial charge < -0.3 is 9.64 Å². The van der Waals surface area contributed by atoms with E-state index in [-0.39, 0.29) is 11.6 Å². The summed E-state index contributed by atoms with van der Waals surface area (Å²) in [5.74, 6) is -1.00. The second-order valence-electron chi connectivity index (χ2n) is 7.55. The molecule has 1 aliphatic rings. The van der Waals surface area contributed by atoms with E-state index in [0.29, 0.717) is 12.8 Å². The molecule has 1 saturated carbocycles. The van der Waals surface area contributed by atoms with E-state index in [0.717, 1.165) is 35.4 Å². The second kappa shape index (κ2) is 8.75. The number of ether oxygens (including phenoxy) is 1. The van der Waals surface area contributed by atoms with Gasteiger partial charge in [0.25, 0.3) is 5.91 Å². The number of likely N-dealkylation sites (N-methyl/N-ethyl adjacent to an activating group) is 1. The van der Waals surface area contributed by atoms with Crippen molar-refractivity contribution in [3.8, 4) is 16.6 Å². The number of nitriles is 1. The lowest BCUT2D eigenvalue weighted by molar-refractivity contribution is -0.143. The number of amides is 1. The van der Waals surface area contributed by atoms with E-state index in [9.17, 15) is 14.9 Å². The minimum Gasteiger partial charge on any atom is -0.448 e. The van der Waals surface area contributed by atoms with E-state index in [1.54, 1.807) is 12.4 Å². The zero-order valence-corrected chi connectivity index (χ0v) is 17.8. The Morgan fingerprint density at radius 2 is 1.90 bits per heavy atom. The van der Waals surface area contributed by atoms with Gasteiger partial charge in [-0.3, -0.25) is 4.79 Å². The molecule has 0 N–H and O–H groups in total. The summed E-state index contributed by atoms with van der Waals surface area (Å²) in [6, 6.07) is 10.2. The predicted molar refractivity (Wildman–Crippen MR) is 111 cm³/mol. The van der Waals surface area contributed by atoms with Crippen molar-refractivity contribution in [2.75, 3.05) is 7.05 Å². The summed E-state index contributed by atoms with van der Waals surface area (Å²) in [4.78, 5) is 31.1. The third kappa shape index (κ3) is 4.48. The van der Waals surface area contributed by atoms with Gasteiger partial charge in [0.1, 0.15) is 10.5 Å². The highest BCUT2D eigenvalue weighted by Crippen LogP contribution is 2.33. The molecule has 0 radical (unpaired) electrons. The number of thiazole rings is 1. The Morgan fingerprint density at radius 1 is 1.24 bits per heavy atom. The van der Waals surface area contributed by atoms with Crippen molar-refractivity contribution in [2.24, 2.45) is 0 Å². The average molecular weight is 412 g/mol. The maximum Gasteiger partial charge on any atom is 0.358 e. The van der Waals surface area contributed by atoms with Crippen LogP contribution in [0.2, 0.25) is 0 Å². The Labute approximate surface area is 175 Å². The predicted octanol–water partition coefficient (Wildman–Crippen LogP) is 4.35. The van der Waals surface area contributed by atoms with Crippen molar-refractivity contribution in [1.29, 1.82) is 5.26 Å². The third-order valence-corrected chi connectivity index (χ3v) is 6.40. The highest BCUT2D eigenvalue weighted by atomic mass is 32.1. The van der Waals surface area contributed by atoms with E-state index in [1.165, 1.54) is 23.2 Å². The van der Waals surface area contributed by atoms with Gasteiger partial charge >= 0.3 is 5.97 Å². The molecule has 1 fully saturated rings. The molecule has 0 spiro atoms. The van der Waals surface area contributed by atoms with Gasteiger partial charge in [-0.15, -0.1) is 11.3 Å². The summed E-state index contributed by atoms with van der Waals surface area (Å²) in [6.45, 7) is 3.55. The van der Waals surface area contributed by atoms with Crippen LogP contribution in [-0.4, -0.2) is 40.5 Å². The van der Waals surface area contributed by atoms with E-state index >= 15 is 0 Å². The van der Waals surface area contributed by atoms with Crippen molar-refractivity contribution >= 4 is 23.2 Å². The lowest BCUT2D eigenvalue weighted by atomic mass is 9.81. The van der Waals surface area contributed by atoms with Gasteiger partial charge in [0.2, 0.25) is 0 Å². The summed E-state index contributed by atoms with van der Waals surface area (Å²) >= 11 is 1.35. The van der Waals surface area contributed by atoms with Crippen molar-refractivity contribution in [3.63, 3.8) is 0 Å². The van der Waals surface area contributed by atoms with Crippen LogP contribution in [0.5, 0.6) is 0 Å². The smallest absolute Gasteiger partial charge is 0.358 e. The molecular weight excluding hydrogens is 386 g/mol. The second-order valence-corrected chi connectivity index (χ2v) is 8.41. The van der Waals surface area contributed by atoms with Gasteiger partial charge in [0.05, 0.1) is 6.07 Å². The normalized spacial score (nSPS) is 16.5. The van der Waals surface area contributed by atoms with Gasteiger partial charge in [-0.1, -0.05) is 49.1 Å². The van der Waals surface area contributed by atoms with Crippen LogP contribution in [0.15, 0.2) is 29.6 Å². The molecule has 7 heteroatoms.